The molecule has 0 heterocycles. The first-order valence-electron chi connectivity index (χ1n) is 3.17. The van der Waals surface area contributed by atoms with Crippen LogP contribution in [0, 0.1) is 13.8 Å². The van der Waals surface area contributed by atoms with E-state index in [2.05, 4.69) is 0 Å². The van der Waals surface area contributed by atoms with Crippen molar-refractivity contribution in [3.8, 4) is 5.75 Å². The molecule has 0 saturated carbocycles. The van der Waals surface area contributed by atoms with Gasteiger partial charge >= 0.3 is 0 Å². The van der Waals surface area contributed by atoms with Crippen LogP contribution in [0.25, 0.3) is 0 Å². The van der Waals surface area contributed by atoms with Gasteiger partial charge in [0.25, 0.3) is 0 Å². The second-order valence-electron chi connectivity index (χ2n) is 2.48. The van der Waals surface area contributed by atoms with Crippen molar-refractivity contribution in [1.82, 2.24) is 0 Å². The van der Waals surface area contributed by atoms with Crippen molar-refractivity contribution in [1.29, 1.82) is 0 Å². The summed E-state index contributed by atoms with van der Waals surface area (Å²) >= 11 is 0. The molecule has 0 bridgehead atoms. The smallest absolute Gasteiger partial charge is 0.120 e. The van der Waals surface area contributed by atoms with E-state index >= 15 is 0 Å². The van der Waals surface area contributed by atoms with Crippen molar-refractivity contribution in [3.63, 3.8) is 0 Å². The lowest BCUT2D eigenvalue weighted by Crippen LogP contribution is -1.88. The molecule has 3 N–H and O–H groups in total. The normalized spacial score (nSPS) is 8.91. The third-order valence-corrected chi connectivity index (χ3v) is 1.66. The average Bonchev–Trinajstić information content (AvgIpc) is 1.82. The van der Waals surface area contributed by atoms with Gasteiger partial charge in [0.05, 0.1) is 0 Å². The number of anilines is 1. The van der Waals surface area contributed by atoms with E-state index in [1.807, 2.05) is 19.9 Å². The van der Waals surface area contributed by atoms with Crippen LogP contribution in [0.3, 0.4) is 0 Å². The maximum Gasteiger partial charge on any atom is 0.120 e. The summed E-state index contributed by atoms with van der Waals surface area (Å²) in [5.41, 5.74) is 8.00. The predicted octanol–water partition coefficient (Wildman–Crippen LogP) is 2.01. The van der Waals surface area contributed by atoms with Crippen LogP contribution in [0.5, 0.6) is 5.75 Å². The molecule has 0 amide bonds. The number of hydrogen-bond donors (Lipinski definition) is 2. The molecule has 1 aromatic rings. The molecule has 0 fully saturated rings. The van der Waals surface area contributed by atoms with Crippen LogP contribution >= 0.6 is 12.4 Å². The Morgan fingerprint density at radius 3 is 2.27 bits per heavy atom. The molecule has 0 saturated heterocycles. The molecular formula is C8H12ClNO. The lowest BCUT2D eigenvalue weighted by atomic mass is 10.1. The minimum absolute atomic E-state index is 0. The van der Waals surface area contributed by atoms with Gasteiger partial charge in [0.1, 0.15) is 5.75 Å². The van der Waals surface area contributed by atoms with Gasteiger partial charge in [-0.3, -0.25) is 0 Å². The first-order chi connectivity index (χ1) is 4.61. The molecule has 0 aliphatic rings. The maximum atomic E-state index is 9.20. The van der Waals surface area contributed by atoms with E-state index in [-0.39, 0.29) is 18.2 Å². The summed E-state index contributed by atoms with van der Waals surface area (Å²) in [4.78, 5) is 0. The highest BCUT2D eigenvalue weighted by Gasteiger charge is 1.98. The van der Waals surface area contributed by atoms with Gasteiger partial charge in [-0.2, -0.15) is 0 Å². The number of phenolic OH excluding ortho intramolecular Hbond substituents is 1. The van der Waals surface area contributed by atoms with E-state index in [0.29, 0.717) is 5.69 Å². The Labute approximate surface area is 72.4 Å². The summed E-state index contributed by atoms with van der Waals surface area (Å²) < 4.78 is 0. The van der Waals surface area contributed by atoms with Gasteiger partial charge in [0.2, 0.25) is 0 Å². The van der Waals surface area contributed by atoms with Crippen molar-refractivity contribution in [2.45, 2.75) is 13.8 Å². The summed E-state index contributed by atoms with van der Waals surface area (Å²) in [7, 11) is 0. The van der Waals surface area contributed by atoms with Gasteiger partial charge in [0.15, 0.2) is 0 Å². The van der Waals surface area contributed by atoms with Crippen LogP contribution in [-0.4, -0.2) is 5.11 Å². The number of hydrogen-bond acceptors (Lipinski definition) is 2. The molecule has 0 aliphatic carbocycles. The fourth-order valence-electron chi connectivity index (χ4n) is 0.868. The fraction of sp³-hybridized carbons (Fsp3) is 0.250. The molecule has 3 heteroatoms. The second-order valence-corrected chi connectivity index (χ2v) is 2.48. The summed E-state index contributed by atoms with van der Waals surface area (Å²) in [5.74, 6) is 0.275. The molecule has 1 aromatic carbocycles. The first kappa shape index (κ1) is 10.1. The minimum Gasteiger partial charge on any atom is -0.508 e. The zero-order valence-corrected chi connectivity index (χ0v) is 7.40. The van der Waals surface area contributed by atoms with Gasteiger partial charge in [-0.25, -0.2) is 0 Å². The standard InChI is InChI=1S/C8H11NO.ClH/c1-5-3-7(9)4-8(10)6(5)2;/h3-4,10H,9H2,1-2H3;1H. The Hall–Kier alpha value is -0.890. The quantitative estimate of drug-likeness (QED) is 0.590. The summed E-state index contributed by atoms with van der Waals surface area (Å²) in [5, 5.41) is 9.20. The highest BCUT2D eigenvalue weighted by atomic mass is 35.5. The van der Waals surface area contributed by atoms with Gasteiger partial charge in [-0.15, -0.1) is 12.4 Å². The first-order valence-corrected chi connectivity index (χ1v) is 3.17. The van der Waals surface area contributed by atoms with Crippen molar-refractivity contribution < 1.29 is 5.11 Å². The molecule has 0 radical (unpaired) electrons. The summed E-state index contributed by atoms with van der Waals surface area (Å²) in [6.45, 7) is 3.79. The number of halogens is 1. The molecule has 0 spiro atoms. The fourth-order valence-corrected chi connectivity index (χ4v) is 0.868. The molecule has 0 aliphatic heterocycles. The molecule has 0 atom stereocenters. The average molecular weight is 174 g/mol. The van der Waals surface area contributed by atoms with E-state index in [4.69, 9.17) is 5.73 Å². The van der Waals surface area contributed by atoms with Crippen molar-refractivity contribution in [2.24, 2.45) is 0 Å². The van der Waals surface area contributed by atoms with Crippen LogP contribution in [0.2, 0.25) is 0 Å². The van der Waals surface area contributed by atoms with E-state index in [9.17, 15) is 5.11 Å². The Kier molecular flexibility index (Phi) is 3.20. The third kappa shape index (κ3) is 2.02. The number of rotatable bonds is 0. The Morgan fingerprint density at radius 1 is 1.27 bits per heavy atom. The van der Waals surface area contributed by atoms with Crippen LogP contribution in [0.15, 0.2) is 12.1 Å². The van der Waals surface area contributed by atoms with Crippen LogP contribution in [0.1, 0.15) is 11.1 Å². The Balaban J connectivity index is 0.000001000. The zero-order valence-electron chi connectivity index (χ0n) is 6.59. The van der Waals surface area contributed by atoms with Crippen molar-refractivity contribution in [2.75, 3.05) is 5.73 Å². The van der Waals surface area contributed by atoms with Gasteiger partial charge in [0, 0.05) is 11.8 Å². The molecule has 0 aromatic heterocycles. The molecular weight excluding hydrogens is 162 g/mol. The van der Waals surface area contributed by atoms with Gasteiger partial charge in [-0.1, -0.05) is 0 Å². The molecule has 11 heavy (non-hydrogen) atoms. The lowest BCUT2D eigenvalue weighted by Gasteiger charge is -2.03. The number of nitrogens with two attached hydrogens (primary N) is 1. The largest absolute Gasteiger partial charge is 0.508 e. The van der Waals surface area contributed by atoms with Crippen LogP contribution in [0.4, 0.5) is 5.69 Å². The highest BCUT2D eigenvalue weighted by Crippen LogP contribution is 2.22. The monoisotopic (exact) mass is 173 g/mol. The second kappa shape index (κ2) is 3.49. The predicted molar refractivity (Wildman–Crippen MR) is 49.2 cm³/mol. The van der Waals surface area contributed by atoms with Crippen LogP contribution in [-0.2, 0) is 0 Å². The molecule has 0 unspecified atom stereocenters. The van der Waals surface area contributed by atoms with Crippen LogP contribution < -0.4 is 5.73 Å². The Morgan fingerprint density at radius 2 is 1.82 bits per heavy atom. The molecule has 1 rings (SSSR count). The van der Waals surface area contributed by atoms with Crippen molar-refractivity contribution in [3.05, 3.63) is 23.3 Å². The number of nitrogen functional groups attached to an aromatic ring is 1. The van der Waals surface area contributed by atoms with Gasteiger partial charge in [-0.05, 0) is 31.0 Å². The zero-order chi connectivity index (χ0) is 7.72. The van der Waals surface area contributed by atoms with Crippen molar-refractivity contribution >= 4 is 18.1 Å². The molecule has 62 valence electrons. The number of aryl methyl sites for hydroxylation is 1. The van der Waals surface area contributed by atoms with E-state index < -0.39 is 0 Å². The topological polar surface area (TPSA) is 46.2 Å². The number of phenols is 1. The van der Waals surface area contributed by atoms with Gasteiger partial charge < -0.3 is 10.8 Å². The third-order valence-electron chi connectivity index (χ3n) is 1.66. The highest BCUT2D eigenvalue weighted by molar-refractivity contribution is 5.85. The maximum absolute atomic E-state index is 9.20. The summed E-state index contributed by atoms with van der Waals surface area (Å²) in [6, 6.07) is 3.40. The number of aromatic hydroxyl groups is 1. The van der Waals surface area contributed by atoms with E-state index in [1.54, 1.807) is 6.07 Å². The minimum atomic E-state index is 0. The van der Waals surface area contributed by atoms with E-state index in [1.165, 1.54) is 0 Å². The molecule has 2 nitrogen and oxygen atoms in total. The SMILES string of the molecule is Cc1cc(N)cc(O)c1C.Cl. The number of benzene rings is 1. The lowest BCUT2D eigenvalue weighted by molar-refractivity contribution is 0.471. The summed E-state index contributed by atoms with van der Waals surface area (Å²) in [6.07, 6.45) is 0. The van der Waals surface area contributed by atoms with E-state index in [0.717, 1.165) is 11.1 Å². The Bertz CT molecular complexity index is 237.